The second-order valence-corrected chi connectivity index (χ2v) is 11.4. The maximum absolute atomic E-state index is 12.9. The topological polar surface area (TPSA) is 144 Å². The number of aromatic nitrogens is 5. The zero-order valence-electron chi connectivity index (χ0n) is 21.8. The predicted octanol–water partition coefficient (Wildman–Crippen LogP) is 1.78. The van der Waals surface area contributed by atoms with Crippen LogP contribution in [0.4, 0.5) is 0 Å². The summed E-state index contributed by atoms with van der Waals surface area (Å²) in [6.45, 7) is 5.09. The summed E-state index contributed by atoms with van der Waals surface area (Å²) in [7, 11) is 0. The maximum Gasteiger partial charge on any atom is 0.326 e. The molecule has 1 aliphatic heterocycles. The number of hydrogen-bond acceptors (Lipinski definition) is 8. The van der Waals surface area contributed by atoms with Crippen LogP contribution in [0.5, 0.6) is 5.88 Å². The van der Waals surface area contributed by atoms with Gasteiger partial charge in [0.15, 0.2) is 11.1 Å². The molecule has 1 amide bonds. The smallest absolute Gasteiger partial charge is 0.326 e. The van der Waals surface area contributed by atoms with Crippen molar-refractivity contribution in [2.24, 2.45) is 4.99 Å². The van der Waals surface area contributed by atoms with Crippen molar-refractivity contribution in [3.63, 3.8) is 0 Å². The van der Waals surface area contributed by atoms with Crippen LogP contribution in [0.1, 0.15) is 60.8 Å². The fraction of sp³-hybridized carbons (Fsp3) is 0.444. The van der Waals surface area contributed by atoms with Crippen LogP contribution in [0.3, 0.4) is 0 Å². The van der Waals surface area contributed by atoms with Crippen molar-refractivity contribution < 1.29 is 9.90 Å². The van der Waals surface area contributed by atoms with Crippen LogP contribution < -0.4 is 21.7 Å². The molecule has 11 nitrogen and oxygen atoms in total. The molecule has 1 saturated carbocycles. The summed E-state index contributed by atoms with van der Waals surface area (Å²) in [5.41, 5.74) is 1.65. The highest BCUT2D eigenvalue weighted by Gasteiger charge is 2.21. The van der Waals surface area contributed by atoms with Gasteiger partial charge in [0.25, 0.3) is 5.91 Å². The molecule has 0 aromatic carbocycles. The van der Waals surface area contributed by atoms with Gasteiger partial charge < -0.3 is 20.3 Å². The van der Waals surface area contributed by atoms with Crippen molar-refractivity contribution in [3.05, 3.63) is 56.2 Å². The highest BCUT2D eigenvalue weighted by Crippen LogP contribution is 2.27. The minimum atomic E-state index is -0.501. The third kappa shape index (κ3) is 5.66. The first-order chi connectivity index (χ1) is 18.9. The Bertz CT molecular complexity index is 1680. The lowest BCUT2D eigenvalue weighted by Crippen LogP contribution is -2.39. The van der Waals surface area contributed by atoms with E-state index in [9.17, 15) is 14.7 Å². The fourth-order valence-electron chi connectivity index (χ4n) is 4.98. The maximum atomic E-state index is 12.9. The van der Waals surface area contributed by atoms with Gasteiger partial charge in [0.05, 0.1) is 27.7 Å². The van der Waals surface area contributed by atoms with Gasteiger partial charge >= 0.3 is 5.69 Å². The van der Waals surface area contributed by atoms with Crippen LogP contribution in [0.2, 0.25) is 0 Å². The first-order valence-corrected chi connectivity index (χ1v) is 14.3. The number of hydrogen-bond donors (Lipinski definition) is 4. The number of likely N-dealkylation sites (tertiary alicyclic amines) is 1. The zero-order valence-corrected chi connectivity index (χ0v) is 22.6. The van der Waals surface area contributed by atoms with Crippen LogP contribution >= 0.6 is 11.3 Å². The molecule has 2 aliphatic rings. The summed E-state index contributed by atoms with van der Waals surface area (Å²) in [4.78, 5) is 42.9. The number of aromatic hydroxyl groups is 1. The van der Waals surface area contributed by atoms with Crippen molar-refractivity contribution in [3.8, 4) is 16.5 Å². The fourth-order valence-corrected chi connectivity index (χ4v) is 5.86. The van der Waals surface area contributed by atoms with Crippen LogP contribution in [0.15, 0.2) is 34.2 Å². The number of carbonyl (C=O) groups excluding carboxylic acids is 1. The number of nitrogens with zero attached hydrogens (tertiary/aromatic N) is 5. The number of nitrogens with one attached hydrogen (secondary N) is 3. The molecular weight excluding hydrogens is 516 g/mol. The Morgan fingerprint density at radius 1 is 1.28 bits per heavy atom. The molecule has 12 heteroatoms. The Labute approximate surface area is 228 Å². The number of imidazole rings is 1. The lowest BCUT2D eigenvalue weighted by molar-refractivity contribution is 0.0953. The second-order valence-electron chi connectivity index (χ2n) is 10.3. The zero-order chi connectivity index (χ0) is 26.9. The van der Waals surface area contributed by atoms with E-state index in [1.54, 1.807) is 16.8 Å². The van der Waals surface area contributed by atoms with E-state index in [0.717, 1.165) is 37.2 Å². The van der Waals surface area contributed by atoms with Crippen molar-refractivity contribution in [2.45, 2.75) is 57.5 Å². The molecular formula is C27H32N8O3S. The summed E-state index contributed by atoms with van der Waals surface area (Å²) in [5, 5.41) is 18.1. The standard InChI is InChI=1S/C27H32N8O3S/c1-16-5-2-3-11-34(16)12-4-10-28-26(37)22-9-8-21(39-22)19-14-23(30-18-6-7-18)35-24(31-19)17(15-29-35)13-20-25(36)33-27(38)32-20/h8-9,13-16,18,36H,2-7,10-12H2,1H3,(H,28,37)(H2,32,33,38)/b17-13-,30-23?. The van der Waals surface area contributed by atoms with Crippen LogP contribution in [0.25, 0.3) is 22.3 Å². The van der Waals surface area contributed by atoms with Gasteiger partial charge in [0, 0.05) is 30.4 Å². The van der Waals surface area contributed by atoms with E-state index in [1.165, 1.54) is 30.6 Å². The molecule has 4 aromatic heterocycles. The van der Waals surface area contributed by atoms with Gasteiger partial charge in [-0.25, -0.2) is 9.78 Å². The molecule has 1 saturated heterocycles. The lowest BCUT2D eigenvalue weighted by Gasteiger charge is -2.33. The summed E-state index contributed by atoms with van der Waals surface area (Å²) in [6, 6.07) is 6.52. The van der Waals surface area contributed by atoms with E-state index in [-0.39, 0.29) is 23.5 Å². The second kappa shape index (κ2) is 10.8. The minimum absolute atomic E-state index is 0.0767. The molecule has 4 aromatic rings. The molecule has 0 spiro atoms. The Morgan fingerprint density at radius 2 is 2.15 bits per heavy atom. The average molecular weight is 549 g/mol. The summed E-state index contributed by atoms with van der Waals surface area (Å²) < 4.78 is 1.67. The number of H-pyrrole nitrogens is 2. The van der Waals surface area contributed by atoms with Gasteiger partial charge in [-0.1, -0.05) is 6.42 Å². The number of fused-ring (bicyclic) bond motifs is 1. The Balaban J connectivity index is 1.23. The molecule has 4 N–H and O–H groups in total. The van der Waals surface area contributed by atoms with Crippen molar-refractivity contribution >= 4 is 29.0 Å². The monoisotopic (exact) mass is 548 g/mol. The molecule has 0 bridgehead atoms. The molecule has 1 atom stereocenters. The van der Waals surface area contributed by atoms with E-state index >= 15 is 0 Å². The molecule has 6 rings (SSSR count). The summed E-state index contributed by atoms with van der Waals surface area (Å²) >= 11 is 1.39. The number of piperidine rings is 1. The third-order valence-corrected chi connectivity index (χ3v) is 8.41. The van der Waals surface area contributed by atoms with Gasteiger partial charge in [-0.05, 0) is 63.8 Å². The number of amides is 1. The van der Waals surface area contributed by atoms with Gasteiger partial charge in [0.2, 0.25) is 5.88 Å². The molecule has 39 heavy (non-hydrogen) atoms. The van der Waals surface area contributed by atoms with Crippen molar-refractivity contribution in [2.75, 3.05) is 19.6 Å². The van der Waals surface area contributed by atoms with E-state index in [4.69, 9.17) is 9.98 Å². The van der Waals surface area contributed by atoms with E-state index < -0.39 is 5.69 Å². The van der Waals surface area contributed by atoms with Gasteiger partial charge in [0.1, 0.15) is 5.69 Å². The van der Waals surface area contributed by atoms with E-state index in [1.807, 2.05) is 18.2 Å². The molecule has 0 radical (unpaired) electrons. The van der Waals surface area contributed by atoms with E-state index in [2.05, 4.69) is 32.2 Å². The first-order valence-electron chi connectivity index (χ1n) is 13.5. The Hall–Kier alpha value is -3.77. The molecule has 1 unspecified atom stereocenters. The van der Waals surface area contributed by atoms with Crippen molar-refractivity contribution in [1.82, 2.24) is 34.8 Å². The first kappa shape index (κ1) is 25.5. The highest BCUT2D eigenvalue weighted by molar-refractivity contribution is 7.17. The SMILES string of the molecule is CC1CCCCN1CCCNC(=O)c1ccc(-c2cc(=NC3CC3)n3nc/c(=C/c4[nH]c(=O)[nH]c4O)c3n2)s1. The van der Waals surface area contributed by atoms with Gasteiger partial charge in [-0.3, -0.25) is 14.8 Å². The van der Waals surface area contributed by atoms with Gasteiger partial charge in [-0.15, -0.1) is 11.3 Å². The number of aromatic amines is 2. The summed E-state index contributed by atoms with van der Waals surface area (Å²) in [5.74, 6) is -0.329. The number of rotatable bonds is 8. The Kier molecular flexibility index (Phi) is 7.05. The predicted molar refractivity (Wildman–Crippen MR) is 149 cm³/mol. The van der Waals surface area contributed by atoms with Crippen LogP contribution in [-0.4, -0.2) is 72.2 Å². The van der Waals surface area contributed by atoms with Crippen LogP contribution in [-0.2, 0) is 0 Å². The average Bonchev–Trinajstić information content (AvgIpc) is 3.29. The van der Waals surface area contributed by atoms with Crippen LogP contribution in [0, 0.1) is 0 Å². The highest BCUT2D eigenvalue weighted by atomic mass is 32.1. The number of carbonyl (C=O) groups is 1. The normalized spacial score (nSPS) is 19.3. The molecule has 1 aliphatic carbocycles. The number of thiophene rings is 1. The van der Waals surface area contributed by atoms with E-state index in [0.29, 0.717) is 39.5 Å². The third-order valence-electron chi connectivity index (χ3n) is 7.31. The Morgan fingerprint density at radius 3 is 2.92 bits per heavy atom. The molecule has 2 fully saturated rings. The van der Waals surface area contributed by atoms with Gasteiger partial charge in [-0.2, -0.15) is 9.61 Å². The van der Waals surface area contributed by atoms with Crippen molar-refractivity contribution in [1.29, 1.82) is 0 Å². The quantitative estimate of drug-likeness (QED) is 0.247. The molecule has 5 heterocycles. The molecule has 204 valence electrons. The minimum Gasteiger partial charge on any atom is -0.493 e. The lowest BCUT2D eigenvalue weighted by atomic mass is 10.0. The summed E-state index contributed by atoms with van der Waals surface area (Å²) in [6.07, 6.45) is 10.1. The largest absolute Gasteiger partial charge is 0.493 e.